The lowest BCUT2D eigenvalue weighted by Gasteiger charge is -2.28. The van der Waals surface area contributed by atoms with E-state index in [4.69, 9.17) is 9.47 Å². The maximum absolute atomic E-state index is 12.9. The Morgan fingerprint density at radius 3 is 2.83 bits per heavy atom. The third-order valence-corrected chi connectivity index (χ3v) is 4.45. The molecule has 0 N–H and O–H groups in total. The van der Waals surface area contributed by atoms with Crippen LogP contribution in [-0.4, -0.2) is 51.8 Å². The van der Waals surface area contributed by atoms with E-state index in [2.05, 4.69) is 15.5 Å². The zero-order valence-corrected chi connectivity index (χ0v) is 14.0. The van der Waals surface area contributed by atoms with Crippen molar-refractivity contribution in [2.45, 2.75) is 31.8 Å². The summed E-state index contributed by atoms with van der Waals surface area (Å²) in [5.74, 6) is 1.46. The molecule has 8 heteroatoms. The SMILES string of the molecule is COc1ccc(C2CCCN2C(=O)[C@H](C)n2cnnn2)c(OC)c1. The molecule has 1 aliphatic heterocycles. The fourth-order valence-corrected chi connectivity index (χ4v) is 3.15. The molecule has 1 aromatic carbocycles. The first-order chi connectivity index (χ1) is 11.7. The van der Waals surface area contributed by atoms with Crippen LogP contribution < -0.4 is 9.47 Å². The van der Waals surface area contributed by atoms with E-state index in [1.807, 2.05) is 23.1 Å². The number of carbonyl (C=O) groups excluding carboxylic acids is 1. The molecule has 0 saturated carbocycles. The lowest BCUT2D eigenvalue weighted by molar-refractivity contribution is -0.135. The molecule has 1 saturated heterocycles. The van der Waals surface area contributed by atoms with E-state index in [-0.39, 0.29) is 11.9 Å². The smallest absolute Gasteiger partial charge is 0.247 e. The Labute approximate surface area is 140 Å². The molecule has 2 heterocycles. The fraction of sp³-hybridized carbons (Fsp3) is 0.500. The predicted molar refractivity (Wildman–Crippen MR) is 85.8 cm³/mol. The van der Waals surface area contributed by atoms with Crippen LogP contribution in [-0.2, 0) is 4.79 Å². The highest BCUT2D eigenvalue weighted by molar-refractivity contribution is 5.80. The van der Waals surface area contributed by atoms with Gasteiger partial charge in [-0.25, -0.2) is 4.68 Å². The fourth-order valence-electron chi connectivity index (χ4n) is 3.15. The zero-order chi connectivity index (χ0) is 17.1. The molecule has 24 heavy (non-hydrogen) atoms. The summed E-state index contributed by atoms with van der Waals surface area (Å²) in [6.45, 7) is 2.52. The second-order valence-corrected chi connectivity index (χ2v) is 5.76. The summed E-state index contributed by atoms with van der Waals surface area (Å²) in [7, 11) is 3.25. The van der Waals surface area contributed by atoms with Crippen LogP contribution in [0.4, 0.5) is 0 Å². The van der Waals surface area contributed by atoms with Gasteiger partial charge in [0.05, 0.1) is 20.3 Å². The quantitative estimate of drug-likeness (QED) is 0.828. The van der Waals surface area contributed by atoms with Crippen molar-refractivity contribution < 1.29 is 14.3 Å². The van der Waals surface area contributed by atoms with Crippen molar-refractivity contribution in [3.8, 4) is 11.5 Å². The molecule has 1 aliphatic rings. The van der Waals surface area contributed by atoms with Crippen molar-refractivity contribution in [2.75, 3.05) is 20.8 Å². The number of aromatic nitrogens is 4. The van der Waals surface area contributed by atoms with E-state index < -0.39 is 6.04 Å². The molecule has 1 amide bonds. The van der Waals surface area contributed by atoms with E-state index >= 15 is 0 Å². The highest BCUT2D eigenvalue weighted by atomic mass is 16.5. The van der Waals surface area contributed by atoms with Crippen molar-refractivity contribution in [3.63, 3.8) is 0 Å². The third kappa shape index (κ3) is 2.91. The molecule has 3 rings (SSSR count). The molecule has 0 spiro atoms. The first-order valence-electron chi connectivity index (χ1n) is 7.90. The van der Waals surface area contributed by atoms with Gasteiger partial charge in [-0.05, 0) is 42.3 Å². The van der Waals surface area contributed by atoms with Gasteiger partial charge in [-0.2, -0.15) is 0 Å². The number of rotatable bonds is 5. The lowest BCUT2D eigenvalue weighted by Crippen LogP contribution is -2.36. The van der Waals surface area contributed by atoms with Crippen molar-refractivity contribution in [1.29, 1.82) is 0 Å². The van der Waals surface area contributed by atoms with Crippen LogP contribution in [0, 0.1) is 0 Å². The predicted octanol–water partition coefficient (Wildman–Crippen LogP) is 1.61. The van der Waals surface area contributed by atoms with Gasteiger partial charge in [-0.15, -0.1) is 5.10 Å². The Morgan fingerprint density at radius 1 is 1.33 bits per heavy atom. The molecular weight excluding hydrogens is 310 g/mol. The van der Waals surface area contributed by atoms with E-state index in [9.17, 15) is 4.79 Å². The molecule has 0 aliphatic carbocycles. The minimum atomic E-state index is -0.440. The zero-order valence-electron chi connectivity index (χ0n) is 14.0. The molecule has 1 fully saturated rings. The van der Waals surface area contributed by atoms with Crippen LogP contribution >= 0.6 is 0 Å². The van der Waals surface area contributed by atoms with Gasteiger partial charge >= 0.3 is 0 Å². The topological polar surface area (TPSA) is 82.4 Å². The first kappa shape index (κ1) is 16.2. The molecule has 1 unspecified atom stereocenters. The molecule has 2 aromatic rings. The number of hydrogen-bond donors (Lipinski definition) is 0. The highest BCUT2D eigenvalue weighted by Gasteiger charge is 2.34. The van der Waals surface area contributed by atoms with Crippen LogP contribution in [0.25, 0.3) is 0 Å². The Hall–Kier alpha value is -2.64. The van der Waals surface area contributed by atoms with Crippen molar-refractivity contribution in [1.82, 2.24) is 25.1 Å². The van der Waals surface area contributed by atoms with Crippen LogP contribution in [0.15, 0.2) is 24.5 Å². The first-order valence-corrected chi connectivity index (χ1v) is 7.90. The highest BCUT2D eigenvalue weighted by Crippen LogP contribution is 2.39. The number of likely N-dealkylation sites (tertiary alicyclic amines) is 1. The van der Waals surface area contributed by atoms with Crippen molar-refractivity contribution >= 4 is 5.91 Å². The van der Waals surface area contributed by atoms with Gasteiger partial charge in [0.15, 0.2) is 0 Å². The Balaban J connectivity index is 1.87. The number of amides is 1. The Bertz CT molecular complexity index is 704. The van der Waals surface area contributed by atoms with Crippen molar-refractivity contribution in [3.05, 3.63) is 30.1 Å². The second kappa shape index (κ2) is 6.86. The van der Waals surface area contributed by atoms with E-state index in [0.29, 0.717) is 6.54 Å². The molecule has 1 aromatic heterocycles. The lowest BCUT2D eigenvalue weighted by atomic mass is 10.0. The number of benzene rings is 1. The number of nitrogens with zero attached hydrogens (tertiary/aromatic N) is 5. The Kier molecular flexibility index (Phi) is 4.64. The average Bonchev–Trinajstić information content (AvgIpc) is 3.31. The Morgan fingerprint density at radius 2 is 2.17 bits per heavy atom. The van der Waals surface area contributed by atoms with Gasteiger partial charge in [0.2, 0.25) is 5.91 Å². The number of methoxy groups -OCH3 is 2. The number of tetrazole rings is 1. The molecule has 128 valence electrons. The van der Waals surface area contributed by atoms with Gasteiger partial charge in [0.25, 0.3) is 0 Å². The van der Waals surface area contributed by atoms with Gasteiger partial charge in [-0.3, -0.25) is 4.79 Å². The van der Waals surface area contributed by atoms with Gasteiger partial charge in [-0.1, -0.05) is 0 Å². The van der Waals surface area contributed by atoms with Crippen LogP contribution in [0.3, 0.4) is 0 Å². The summed E-state index contributed by atoms with van der Waals surface area (Å²) in [4.78, 5) is 14.8. The monoisotopic (exact) mass is 331 g/mol. The normalized spacial score (nSPS) is 18.5. The van der Waals surface area contributed by atoms with Gasteiger partial charge in [0, 0.05) is 18.2 Å². The van der Waals surface area contributed by atoms with Crippen LogP contribution in [0.1, 0.15) is 37.4 Å². The molecule has 2 atom stereocenters. The van der Waals surface area contributed by atoms with Crippen LogP contribution in [0.2, 0.25) is 0 Å². The minimum Gasteiger partial charge on any atom is -0.497 e. The molecular formula is C16H21N5O3. The largest absolute Gasteiger partial charge is 0.497 e. The summed E-state index contributed by atoms with van der Waals surface area (Å²) in [5.41, 5.74) is 0.994. The maximum atomic E-state index is 12.9. The third-order valence-electron chi connectivity index (χ3n) is 4.45. The number of carbonyl (C=O) groups is 1. The number of hydrogen-bond acceptors (Lipinski definition) is 6. The minimum absolute atomic E-state index is 0.00247. The summed E-state index contributed by atoms with van der Waals surface area (Å²) in [6.07, 6.45) is 3.31. The standard InChI is InChI=1S/C16H21N5O3/c1-11(21-10-17-18-19-21)16(22)20-8-4-5-14(20)13-7-6-12(23-2)9-15(13)24-3/h6-7,9-11,14H,4-5,8H2,1-3H3/t11-,14?/m0/s1. The second-order valence-electron chi connectivity index (χ2n) is 5.76. The molecule has 0 bridgehead atoms. The van der Waals surface area contributed by atoms with Crippen molar-refractivity contribution in [2.24, 2.45) is 0 Å². The molecule has 0 radical (unpaired) electrons. The maximum Gasteiger partial charge on any atom is 0.247 e. The number of ether oxygens (including phenoxy) is 2. The summed E-state index contributed by atoms with van der Waals surface area (Å²) >= 11 is 0. The van der Waals surface area contributed by atoms with Gasteiger partial charge < -0.3 is 14.4 Å². The average molecular weight is 331 g/mol. The summed E-state index contributed by atoms with van der Waals surface area (Å²) in [5, 5.41) is 11.0. The van der Waals surface area contributed by atoms with Gasteiger partial charge in [0.1, 0.15) is 23.9 Å². The summed E-state index contributed by atoms with van der Waals surface area (Å²) < 4.78 is 12.2. The van der Waals surface area contributed by atoms with Crippen LogP contribution in [0.5, 0.6) is 11.5 Å². The van der Waals surface area contributed by atoms with E-state index in [0.717, 1.165) is 29.9 Å². The molecule has 8 nitrogen and oxygen atoms in total. The van der Waals surface area contributed by atoms with E-state index in [1.165, 1.54) is 11.0 Å². The van der Waals surface area contributed by atoms with E-state index in [1.54, 1.807) is 21.1 Å². The summed E-state index contributed by atoms with van der Waals surface area (Å²) in [6, 6.07) is 5.25.